The van der Waals surface area contributed by atoms with Crippen LogP contribution in [0.5, 0.6) is 0 Å². The number of aromatic nitrogens is 1. The molecule has 0 aliphatic rings. The number of carbonyl (C=O) groups is 1. The van der Waals surface area contributed by atoms with Crippen LogP contribution in [0.15, 0.2) is 18.2 Å². The van der Waals surface area contributed by atoms with Gasteiger partial charge in [0.15, 0.2) is 0 Å². The van der Waals surface area contributed by atoms with Crippen LogP contribution in [0.1, 0.15) is 17.8 Å². The number of aliphatic carboxylic acids is 1. The summed E-state index contributed by atoms with van der Waals surface area (Å²) in [7, 11) is 0. The molecule has 0 aromatic carbocycles. The first-order valence-electron chi connectivity index (χ1n) is 5.98. The summed E-state index contributed by atoms with van der Waals surface area (Å²) in [6.07, 6.45) is 1.78. The maximum absolute atomic E-state index is 10.1. The van der Waals surface area contributed by atoms with Crippen molar-refractivity contribution in [2.45, 2.75) is 19.8 Å². The second kappa shape index (κ2) is 8.60. The third kappa shape index (κ3) is 6.98. The number of rotatable bonds is 9. The summed E-state index contributed by atoms with van der Waals surface area (Å²) in [5.41, 5.74) is 2.09. The number of pyridine rings is 1. The summed E-state index contributed by atoms with van der Waals surface area (Å²) in [6.45, 7) is 3.08. The molecular formula is C13H19NO4. The lowest BCUT2D eigenvalue weighted by Crippen LogP contribution is -2.11. The first-order chi connectivity index (χ1) is 8.68. The fourth-order valence-corrected chi connectivity index (χ4v) is 1.47. The Bertz CT molecular complexity index is 368. The van der Waals surface area contributed by atoms with Gasteiger partial charge in [-0.25, -0.2) is 4.79 Å². The van der Waals surface area contributed by atoms with Crippen LogP contribution in [0.25, 0.3) is 0 Å². The third-order valence-electron chi connectivity index (χ3n) is 2.27. The molecule has 18 heavy (non-hydrogen) atoms. The topological polar surface area (TPSA) is 68.7 Å². The maximum Gasteiger partial charge on any atom is 0.329 e. The van der Waals surface area contributed by atoms with Crippen molar-refractivity contribution in [2.75, 3.05) is 26.4 Å². The van der Waals surface area contributed by atoms with Crippen molar-refractivity contribution in [1.82, 2.24) is 4.98 Å². The summed E-state index contributed by atoms with van der Waals surface area (Å²) in [5, 5.41) is 8.33. The van der Waals surface area contributed by atoms with Gasteiger partial charge in [-0.2, -0.15) is 0 Å². The molecule has 1 rings (SSSR count). The minimum atomic E-state index is -0.958. The summed E-state index contributed by atoms with van der Waals surface area (Å²) in [6, 6.07) is 5.97. The van der Waals surface area contributed by atoms with E-state index < -0.39 is 5.97 Å². The van der Waals surface area contributed by atoms with Gasteiger partial charge in [0.25, 0.3) is 0 Å². The minimum absolute atomic E-state index is 0.267. The number of nitrogens with zero attached hydrogens (tertiary/aromatic N) is 1. The molecule has 0 amide bonds. The second-order valence-electron chi connectivity index (χ2n) is 3.93. The number of carboxylic acids is 1. The average molecular weight is 253 g/mol. The monoisotopic (exact) mass is 253 g/mol. The van der Waals surface area contributed by atoms with Gasteiger partial charge < -0.3 is 14.6 Å². The van der Waals surface area contributed by atoms with Crippen LogP contribution in [-0.4, -0.2) is 42.5 Å². The van der Waals surface area contributed by atoms with E-state index in [9.17, 15) is 4.79 Å². The van der Waals surface area contributed by atoms with Crippen molar-refractivity contribution in [1.29, 1.82) is 0 Å². The molecule has 0 unspecified atom stereocenters. The Balaban J connectivity index is 1.97. The van der Waals surface area contributed by atoms with Gasteiger partial charge in [-0.15, -0.1) is 0 Å². The first kappa shape index (κ1) is 14.6. The zero-order valence-corrected chi connectivity index (χ0v) is 10.6. The minimum Gasteiger partial charge on any atom is -0.480 e. The van der Waals surface area contributed by atoms with Crippen molar-refractivity contribution < 1.29 is 19.4 Å². The second-order valence-corrected chi connectivity index (χ2v) is 3.93. The molecule has 0 saturated heterocycles. The molecular weight excluding hydrogens is 234 g/mol. The van der Waals surface area contributed by atoms with E-state index in [1.165, 1.54) is 0 Å². The molecule has 0 saturated carbocycles. The van der Waals surface area contributed by atoms with E-state index in [0.29, 0.717) is 19.8 Å². The zero-order valence-electron chi connectivity index (χ0n) is 10.6. The predicted octanol–water partition coefficient (Wildman–Crippen LogP) is 1.44. The highest BCUT2D eigenvalue weighted by Crippen LogP contribution is 2.01. The van der Waals surface area contributed by atoms with Crippen LogP contribution in [-0.2, 0) is 20.7 Å². The van der Waals surface area contributed by atoms with Crippen molar-refractivity contribution in [3.05, 3.63) is 29.6 Å². The zero-order chi connectivity index (χ0) is 13.2. The van der Waals surface area contributed by atoms with E-state index in [1.54, 1.807) is 0 Å². The van der Waals surface area contributed by atoms with Crippen molar-refractivity contribution >= 4 is 5.97 Å². The van der Waals surface area contributed by atoms with Gasteiger partial charge in [-0.1, -0.05) is 6.07 Å². The van der Waals surface area contributed by atoms with Crippen LogP contribution < -0.4 is 0 Å². The van der Waals surface area contributed by atoms with Crippen molar-refractivity contribution in [3.63, 3.8) is 0 Å². The quantitative estimate of drug-likeness (QED) is 0.674. The molecule has 0 spiro atoms. The third-order valence-corrected chi connectivity index (χ3v) is 2.27. The Morgan fingerprint density at radius 1 is 1.28 bits per heavy atom. The number of hydrogen-bond donors (Lipinski definition) is 1. The molecule has 100 valence electrons. The van der Waals surface area contributed by atoms with Gasteiger partial charge in [0, 0.05) is 18.0 Å². The van der Waals surface area contributed by atoms with Crippen LogP contribution in [0.3, 0.4) is 0 Å². The Hall–Kier alpha value is -1.46. The highest BCUT2D eigenvalue weighted by molar-refractivity contribution is 5.67. The van der Waals surface area contributed by atoms with Gasteiger partial charge in [-0.3, -0.25) is 4.98 Å². The molecule has 0 aliphatic carbocycles. The van der Waals surface area contributed by atoms with Gasteiger partial charge >= 0.3 is 5.97 Å². The highest BCUT2D eigenvalue weighted by Gasteiger charge is 1.97. The molecule has 0 aliphatic heterocycles. The molecule has 1 aromatic heterocycles. The van der Waals surface area contributed by atoms with Crippen molar-refractivity contribution in [2.24, 2.45) is 0 Å². The largest absolute Gasteiger partial charge is 0.480 e. The van der Waals surface area contributed by atoms with E-state index in [-0.39, 0.29) is 6.61 Å². The summed E-state index contributed by atoms with van der Waals surface area (Å²) in [5.74, 6) is -0.958. The van der Waals surface area contributed by atoms with Crippen LogP contribution in [0.2, 0.25) is 0 Å². The summed E-state index contributed by atoms with van der Waals surface area (Å²) >= 11 is 0. The number of hydrogen-bond acceptors (Lipinski definition) is 4. The van der Waals surface area contributed by atoms with Crippen LogP contribution in [0.4, 0.5) is 0 Å². The molecule has 0 atom stereocenters. The number of ether oxygens (including phenoxy) is 2. The lowest BCUT2D eigenvalue weighted by Gasteiger charge is -2.04. The highest BCUT2D eigenvalue weighted by atomic mass is 16.5. The van der Waals surface area contributed by atoms with E-state index >= 15 is 0 Å². The van der Waals surface area contributed by atoms with Gasteiger partial charge in [-0.05, 0) is 31.9 Å². The Kier molecular flexibility index (Phi) is 6.98. The molecule has 5 heteroatoms. The molecule has 1 N–H and O–H groups in total. The Morgan fingerprint density at radius 3 is 2.78 bits per heavy atom. The number of aryl methyl sites for hydroxylation is 2. The van der Waals surface area contributed by atoms with Gasteiger partial charge in [0.1, 0.15) is 6.61 Å². The fraction of sp³-hybridized carbons (Fsp3) is 0.538. The lowest BCUT2D eigenvalue weighted by atomic mass is 10.2. The van der Waals surface area contributed by atoms with Gasteiger partial charge in [0.2, 0.25) is 0 Å². The molecule has 0 bridgehead atoms. The number of carboxylic acid groups (broad SMARTS) is 1. The normalized spacial score (nSPS) is 10.5. The molecule has 0 fully saturated rings. The molecule has 1 heterocycles. The molecule has 5 nitrogen and oxygen atoms in total. The smallest absolute Gasteiger partial charge is 0.329 e. The first-order valence-corrected chi connectivity index (χ1v) is 5.98. The fourth-order valence-electron chi connectivity index (χ4n) is 1.47. The lowest BCUT2D eigenvalue weighted by molar-refractivity contribution is -0.142. The maximum atomic E-state index is 10.1. The van der Waals surface area contributed by atoms with Crippen molar-refractivity contribution in [3.8, 4) is 0 Å². The Labute approximate surface area is 107 Å². The van der Waals surface area contributed by atoms with Crippen LogP contribution in [0, 0.1) is 6.92 Å². The predicted molar refractivity (Wildman–Crippen MR) is 66.6 cm³/mol. The van der Waals surface area contributed by atoms with Crippen LogP contribution >= 0.6 is 0 Å². The SMILES string of the molecule is Cc1cccc(CCCOCCOCC(=O)O)n1. The summed E-state index contributed by atoms with van der Waals surface area (Å²) < 4.78 is 10.2. The molecule has 0 radical (unpaired) electrons. The average Bonchev–Trinajstić information content (AvgIpc) is 2.32. The van der Waals surface area contributed by atoms with Gasteiger partial charge in [0.05, 0.1) is 13.2 Å². The molecule has 1 aromatic rings. The van der Waals surface area contributed by atoms with E-state index in [2.05, 4.69) is 4.98 Å². The standard InChI is InChI=1S/C13H19NO4/c1-11-4-2-5-12(14-11)6-3-7-17-8-9-18-10-13(15)16/h2,4-5H,3,6-10H2,1H3,(H,15,16). The Morgan fingerprint density at radius 2 is 2.06 bits per heavy atom. The summed E-state index contributed by atoms with van der Waals surface area (Å²) in [4.78, 5) is 14.5. The van der Waals surface area contributed by atoms with E-state index in [1.807, 2.05) is 25.1 Å². The van der Waals surface area contributed by atoms with E-state index in [4.69, 9.17) is 14.6 Å². The van der Waals surface area contributed by atoms with E-state index in [0.717, 1.165) is 24.2 Å².